The van der Waals surface area contributed by atoms with Gasteiger partial charge in [0.05, 0.1) is 16.3 Å². The van der Waals surface area contributed by atoms with Crippen molar-refractivity contribution in [1.82, 2.24) is 10.2 Å². The van der Waals surface area contributed by atoms with Crippen LogP contribution in [0.5, 0.6) is 0 Å². The van der Waals surface area contributed by atoms with Crippen molar-refractivity contribution in [3.63, 3.8) is 0 Å². The number of hydrogen-bond acceptors (Lipinski definition) is 4. The van der Waals surface area contributed by atoms with E-state index in [2.05, 4.69) is 24.0 Å². The molecule has 0 spiro atoms. The number of aromatic nitrogens is 2. The molecule has 116 valence electrons. The maximum Gasteiger partial charge on any atom is 0.238 e. The second-order valence-electron chi connectivity index (χ2n) is 6.07. The monoisotopic (exact) mass is 317 g/mol. The predicted octanol–water partition coefficient (Wildman–Crippen LogP) is 2.52. The predicted molar refractivity (Wildman–Crippen MR) is 84.0 cm³/mol. The minimum absolute atomic E-state index is 0.147. The van der Waals surface area contributed by atoms with E-state index in [1.165, 1.54) is 0 Å². The maximum absolute atomic E-state index is 11.7. The number of nitrogens with zero attached hydrogens (tertiary/aromatic N) is 2. The van der Waals surface area contributed by atoms with Gasteiger partial charge in [-0.3, -0.25) is 0 Å². The molecule has 2 aromatic rings. The Morgan fingerprint density at radius 3 is 2.41 bits per heavy atom. The number of primary sulfonamides is 1. The van der Waals surface area contributed by atoms with Crippen LogP contribution in [0.15, 0.2) is 41.3 Å². The molecule has 3 rings (SSSR count). The molecule has 2 N–H and O–H groups in total. The van der Waals surface area contributed by atoms with E-state index in [-0.39, 0.29) is 16.7 Å². The van der Waals surface area contributed by atoms with Gasteiger partial charge in [-0.25, -0.2) is 13.6 Å². The molecule has 0 radical (unpaired) electrons. The van der Waals surface area contributed by atoms with Gasteiger partial charge < -0.3 is 0 Å². The van der Waals surface area contributed by atoms with Crippen LogP contribution in [0.2, 0.25) is 0 Å². The van der Waals surface area contributed by atoms with Crippen molar-refractivity contribution in [3.8, 4) is 0 Å². The summed E-state index contributed by atoms with van der Waals surface area (Å²) in [5.74, 6) is 0.713. The zero-order valence-corrected chi connectivity index (χ0v) is 13.4. The third kappa shape index (κ3) is 2.89. The van der Waals surface area contributed by atoms with Gasteiger partial charge in [0.25, 0.3) is 0 Å². The third-order valence-electron chi connectivity index (χ3n) is 4.09. The summed E-state index contributed by atoms with van der Waals surface area (Å²) in [6.07, 6.45) is 0.877. The van der Waals surface area contributed by atoms with Gasteiger partial charge in [0.2, 0.25) is 10.0 Å². The quantitative estimate of drug-likeness (QED) is 0.938. The van der Waals surface area contributed by atoms with Crippen LogP contribution in [0.1, 0.15) is 55.0 Å². The van der Waals surface area contributed by atoms with Crippen LogP contribution in [-0.2, 0) is 10.0 Å². The summed E-state index contributed by atoms with van der Waals surface area (Å²) >= 11 is 0. The Morgan fingerprint density at radius 1 is 1.09 bits per heavy atom. The molecule has 1 fully saturated rings. The molecule has 0 saturated heterocycles. The second kappa shape index (κ2) is 5.44. The molecule has 2 unspecified atom stereocenters. The van der Waals surface area contributed by atoms with E-state index in [4.69, 9.17) is 5.14 Å². The van der Waals surface area contributed by atoms with Crippen molar-refractivity contribution >= 4 is 10.0 Å². The molecule has 1 saturated carbocycles. The van der Waals surface area contributed by atoms with Gasteiger partial charge in [0.15, 0.2) is 0 Å². The van der Waals surface area contributed by atoms with E-state index < -0.39 is 10.0 Å². The highest BCUT2D eigenvalue weighted by atomic mass is 32.2. The summed E-state index contributed by atoms with van der Waals surface area (Å²) < 4.78 is 23.4. The summed E-state index contributed by atoms with van der Waals surface area (Å²) in [6.45, 7) is 4.15. The lowest BCUT2D eigenvalue weighted by Crippen LogP contribution is -2.14. The van der Waals surface area contributed by atoms with Crippen LogP contribution in [0, 0.1) is 0 Å². The molecule has 2 atom stereocenters. The molecule has 1 heterocycles. The Hall–Kier alpha value is -1.79. The fourth-order valence-electron chi connectivity index (χ4n) is 2.77. The van der Waals surface area contributed by atoms with E-state index in [0.717, 1.165) is 23.4 Å². The Morgan fingerprint density at radius 2 is 1.82 bits per heavy atom. The number of benzene rings is 1. The van der Waals surface area contributed by atoms with E-state index >= 15 is 0 Å². The van der Waals surface area contributed by atoms with Crippen molar-refractivity contribution in [1.29, 1.82) is 0 Å². The Balaban J connectivity index is 1.86. The molecule has 0 amide bonds. The normalized spacial score (nSPS) is 21.1. The summed E-state index contributed by atoms with van der Waals surface area (Å²) in [4.78, 5) is 0.217. The van der Waals surface area contributed by atoms with Crippen LogP contribution >= 0.6 is 0 Å². The lowest BCUT2D eigenvalue weighted by molar-refractivity contribution is 0.596. The molecule has 0 bridgehead atoms. The number of nitrogens with two attached hydrogens (primary N) is 1. The van der Waals surface area contributed by atoms with Crippen molar-refractivity contribution < 1.29 is 8.42 Å². The van der Waals surface area contributed by atoms with Gasteiger partial charge in [-0.1, -0.05) is 32.0 Å². The van der Waals surface area contributed by atoms with Gasteiger partial charge in [-0.2, -0.15) is 10.2 Å². The maximum atomic E-state index is 11.7. The van der Waals surface area contributed by atoms with E-state index in [1.807, 2.05) is 24.3 Å². The zero-order chi connectivity index (χ0) is 15.9. The fraction of sp³-hybridized carbons (Fsp3) is 0.375. The van der Waals surface area contributed by atoms with Crippen molar-refractivity contribution in [2.75, 3.05) is 0 Å². The van der Waals surface area contributed by atoms with Crippen molar-refractivity contribution in [2.24, 2.45) is 5.14 Å². The first-order chi connectivity index (χ1) is 10.4. The molecule has 22 heavy (non-hydrogen) atoms. The minimum Gasteiger partial charge on any atom is -0.225 e. The first-order valence-corrected chi connectivity index (χ1v) is 8.88. The average Bonchev–Trinajstić information content (AvgIpc) is 3.27. The van der Waals surface area contributed by atoms with Crippen molar-refractivity contribution in [2.45, 2.75) is 42.9 Å². The summed E-state index contributed by atoms with van der Waals surface area (Å²) in [5, 5.41) is 13.8. The summed E-state index contributed by atoms with van der Waals surface area (Å²) in [5.41, 5.74) is 2.66. The summed E-state index contributed by atoms with van der Waals surface area (Å²) in [6, 6.07) is 10.9. The molecule has 0 aliphatic heterocycles. The molecule has 1 aromatic heterocycles. The van der Waals surface area contributed by atoms with Crippen LogP contribution in [0.25, 0.3) is 0 Å². The highest BCUT2D eigenvalue weighted by Gasteiger charge is 2.42. The molecule has 5 nitrogen and oxygen atoms in total. The van der Waals surface area contributed by atoms with Crippen LogP contribution in [0.4, 0.5) is 0 Å². The number of sulfonamides is 1. The average molecular weight is 317 g/mol. The summed E-state index contributed by atoms with van der Waals surface area (Å²) in [7, 11) is -3.70. The largest absolute Gasteiger partial charge is 0.238 e. The second-order valence-corrected chi connectivity index (χ2v) is 7.60. The molecule has 6 heteroatoms. The highest BCUT2D eigenvalue weighted by molar-refractivity contribution is 7.89. The molecule has 1 aromatic carbocycles. The number of rotatable bonds is 4. The first kappa shape index (κ1) is 15.1. The van der Waals surface area contributed by atoms with Gasteiger partial charge in [0.1, 0.15) is 0 Å². The zero-order valence-electron chi connectivity index (χ0n) is 12.6. The smallest absolute Gasteiger partial charge is 0.225 e. The minimum atomic E-state index is -3.70. The van der Waals surface area contributed by atoms with Gasteiger partial charge in [0, 0.05) is 5.92 Å². The van der Waals surface area contributed by atoms with Crippen LogP contribution in [0.3, 0.4) is 0 Å². The van der Waals surface area contributed by atoms with Gasteiger partial charge in [-0.15, -0.1) is 0 Å². The molecule has 1 aliphatic rings. The fourth-order valence-corrected chi connectivity index (χ4v) is 3.59. The van der Waals surface area contributed by atoms with Gasteiger partial charge in [-0.05, 0) is 42.0 Å². The first-order valence-electron chi connectivity index (χ1n) is 7.33. The van der Waals surface area contributed by atoms with E-state index in [9.17, 15) is 8.42 Å². The molecular weight excluding hydrogens is 298 g/mol. The molecule has 1 aliphatic carbocycles. The lowest BCUT2D eigenvalue weighted by atomic mass is 10.1. The Kier molecular flexibility index (Phi) is 3.74. The van der Waals surface area contributed by atoms with Crippen LogP contribution in [-0.4, -0.2) is 18.6 Å². The van der Waals surface area contributed by atoms with Crippen LogP contribution < -0.4 is 5.14 Å². The van der Waals surface area contributed by atoms with Gasteiger partial charge >= 0.3 is 0 Å². The Labute approximate surface area is 130 Å². The highest BCUT2D eigenvalue weighted by Crippen LogP contribution is 2.55. The lowest BCUT2D eigenvalue weighted by Gasteiger charge is -2.07. The number of hydrogen-bond donors (Lipinski definition) is 1. The SMILES string of the molecule is CC(C)c1ccc(C2CC2c2ccccc2S(N)(=O)=O)nn1. The van der Waals surface area contributed by atoms with E-state index in [0.29, 0.717) is 5.92 Å². The Bertz CT molecular complexity index is 785. The standard InChI is InChI=1S/C16H19N3O2S/c1-10(2)14-7-8-15(19-18-14)13-9-12(13)11-5-3-4-6-16(11)22(17,20)21/h3-8,10,12-13H,9H2,1-2H3,(H2,17,20,21). The van der Waals surface area contributed by atoms with Crippen molar-refractivity contribution in [3.05, 3.63) is 53.3 Å². The molecular formula is C16H19N3O2S. The topological polar surface area (TPSA) is 85.9 Å². The third-order valence-corrected chi connectivity index (χ3v) is 5.08. The van der Waals surface area contributed by atoms with E-state index in [1.54, 1.807) is 12.1 Å².